The van der Waals surface area contributed by atoms with Crippen molar-refractivity contribution in [2.75, 3.05) is 0 Å². The van der Waals surface area contributed by atoms with Crippen molar-refractivity contribution in [3.05, 3.63) is 17.1 Å². The molecule has 0 unspecified atom stereocenters. The van der Waals surface area contributed by atoms with Gasteiger partial charge in [0.15, 0.2) is 0 Å². The highest BCUT2D eigenvalue weighted by atomic mass is 32.1. The summed E-state index contributed by atoms with van der Waals surface area (Å²) in [6.07, 6.45) is 1.77. The first-order valence-electron chi connectivity index (χ1n) is 3.86. The van der Waals surface area contributed by atoms with Crippen LogP contribution in [0.3, 0.4) is 0 Å². The number of aliphatic carboxylic acids is 1. The van der Waals surface area contributed by atoms with Crippen LogP contribution in [0.4, 0.5) is 0 Å². The van der Waals surface area contributed by atoms with Gasteiger partial charge in [-0.1, -0.05) is 13.8 Å². The normalized spacial score (nSPS) is 11.7. The molecule has 1 atom stereocenters. The van der Waals surface area contributed by atoms with Gasteiger partial charge in [0.05, 0.1) is 5.51 Å². The van der Waals surface area contributed by atoms with Gasteiger partial charge in [-0.15, -0.1) is 11.3 Å². The Morgan fingerprint density at radius 1 is 1.62 bits per heavy atom. The lowest BCUT2D eigenvalue weighted by molar-refractivity contribution is -0.139. The molecule has 5 heteroatoms. The summed E-state index contributed by atoms with van der Waals surface area (Å²) in [7, 11) is 0. The van der Waals surface area contributed by atoms with E-state index < -0.39 is 12.0 Å². The predicted octanol–water partition coefficient (Wildman–Crippen LogP) is 1.20. The van der Waals surface area contributed by atoms with E-state index in [1.807, 2.05) is 5.38 Å². The molecule has 0 amide bonds. The third-order valence-electron chi connectivity index (χ3n) is 1.35. The van der Waals surface area contributed by atoms with E-state index in [1.165, 1.54) is 0 Å². The molecule has 1 heterocycles. The van der Waals surface area contributed by atoms with Crippen molar-refractivity contribution in [1.29, 1.82) is 0 Å². The molecule has 13 heavy (non-hydrogen) atoms. The Bertz CT molecular complexity index is 207. The molecule has 3 N–H and O–H groups in total. The van der Waals surface area contributed by atoms with Crippen LogP contribution in [0.1, 0.15) is 13.8 Å². The minimum Gasteiger partial charge on any atom is -0.480 e. The number of carboxylic acid groups (broad SMARTS) is 1. The largest absolute Gasteiger partial charge is 0.480 e. The molecular weight excluding hydrogens is 188 g/mol. The SMILES string of the molecule is CC(C)[C@H](N)C(=O)O.c1cscn1. The first-order chi connectivity index (χ1) is 6.05. The van der Waals surface area contributed by atoms with Gasteiger partial charge in [0.25, 0.3) is 0 Å². The second-order valence-electron chi connectivity index (χ2n) is 2.78. The zero-order valence-corrected chi connectivity index (χ0v) is 8.49. The van der Waals surface area contributed by atoms with Crippen LogP contribution in [-0.2, 0) is 4.79 Å². The van der Waals surface area contributed by atoms with Crippen LogP contribution in [0.5, 0.6) is 0 Å². The van der Waals surface area contributed by atoms with Gasteiger partial charge in [0.1, 0.15) is 6.04 Å². The smallest absolute Gasteiger partial charge is 0.320 e. The fourth-order valence-corrected chi connectivity index (χ4v) is 0.812. The zero-order valence-electron chi connectivity index (χ0n) is 7.68. The Hall–Kier alpha value is -0.940. The van der Waals surface area contributed by atoms with E-state index in [9.17, 15) is 4.79 Å². The number of hydrogen-bond acceptors (Lipinski definition) is 4. The first-order valence-corrected chi connectivity index (χ1v) is 4.80. The molecule has 0 aliphatic carbocycles. The Morgan fingerprint density at radius 2 is 2.23 bits per heavy atom. The first kappa shape index (κ1) is 12.1. The van der Waals surface area contributed by atoms with E-state index in [4.69, 9.17) is 10.8 Å². The van der Waals surface area contributed by atoms with Crippen LogP contribution in [0.2, 0.25) is 0 Å². The van der Waals surface area contributed by atoms with Crippen molar-refractivity contribution in [3.8, 4) is 0 Å². The number of hydrogen-bond donors (Lipinski definition) is 2. The van der Waals surface area contributed by atoms with Gasteiger partial charge in [-0.2, -0.15) is 0 Å². The minimum atomic E-state index is -0.931. The van der Waals surface area contributed by atoms with Crippen molar-refractivity contribution < 1.29 is 9.90 Å². The molecule has 1 aromatic rings. The molecule has 0 saturated carbocycles. The van der Waals surface area contributed by atoms with E-state index in [-0.39, 0.29) is 5.92 Å². The minimum absolute atomic E-state index is 0.0208. The third kappa shape index (κ3) is 6.24. The maximum Gasteiger partial charge on any atom is 0.320 e. The molecule has 1 rings (SSSR count). The molecule has 0 bridgehead atoms. The van der Waals surface area contributed by atoms with E-state index in [2.05, 4.69) is 4.98 Å². The number of aromatic nitrogens is 1. The summed E-state index contributed by atoms with van der Waals surface area (Å²) in [6, 6.07) is -0.713. The summed E-state index contributed by atoms with van der Waals surface area (Å²) in [6.45, 7) is 3.55. The van der Waals surface area contributed by atoms with E-state index in [1.54, 1.807) is 36.9 Å². The zero-order chi connectivity index (χ0) is 10.3. The number of rotatable bonds is 2. The Kier molecular flexibility index (Phi) is 6.09. The summed E-state index contributed by atoms with van der Waals surface area (Å²) in [5.74, 6) is -0.910. The average Bonchev–Trinajstić information content (AvgIpc) is 2.59. The second kappa shape index (κ2) is 6.56. The summed E-state index contributed by atoms with van der Waals surface area (Å²) in [5, 5.41) is 10.2. The monoisotopic (exact) mass is 202 g/mol. The van der Waals surface area contributed by atoms with Crippen molar-refractivity contribution >= 4 is 17.3 Å². The van der Waals surface area contributed by atoms with Crippen molar-refractivity contribution in [2.45, 2.75) is 19.9 Å². The van der Waals surface area contributed by atoms with E-state index in [0.29, 0.717) is 0 Å². The molecule has 74 valence electrons. The van der Waals surface area contributed by atoms with Crippen LogP contribution >= 0.6 is 11.3 Å². The Balaban J connectivity index is 0.000000243. The molecule has 0 fully saturated rings. The average molecular weight is 202 g/mol. The van der Waals surface area contributed by atoms with Crippen LogP contribution in [0.25, 0.3) is 0 Å². The summed E-state index contributed by atoms with van der Waals surface area (Å²) >= 11 is 1.60. The van der Waals surface area contributed by atoms with Gasteiger partial charge in [-0.05, 0) is 5.92 Å². The number of nitrogens with zero attached hydrogens (tertiary/aromatic N) is 1. The standard InChI is InChI=1S/C5H11NO2.C3H3NS/c1-3(2)4(6)5(7)8;1-2-5-3-4-1/h3-4H,6H2,1-2H3,(H,7,8);1-3H/t4-;/m0./s1. The second-order valence-corrected chi connectivity index (χ2v) is 3.54. The Labute approximate surface area is 81.4 Å². The number of nitrogens with two attached hydrogens (primary N) is 1. The number of carbonyl (C=O) groups is 1. The van der Waals surface area contributed by atoms with Gasteiger partial charge >= 0.3 is 5.97 Å². The van der Waals surface area contributed by atoms with Crippen molar-refractivity contribution in [2.24, 2.45) is 11.7 Å². The number of carboxylic acids is 1. The fourth-order valence-electron chi connectivity index (χ4n) is 0.461. The maximum absolute atomic E-state index is 10.0. The summed E-state index contributed by atoms with van der Waals surface area (Å²) in [5.41, 5.74) is 6.95. The Morgan fingerprint density at radius 3 is 2.31 bits per heavy atom. The molecule has 0 aromatic carbocycles. The quantitative estimate of drug-likeness (QED) is 0.755. The molecule has 0 aliphatic rings. The van der Waals surface area contributed by atoms with Crippen molar-refractivity contribution in [3.63, 3.8) is 0 Å². The molecule has 1 aromatic heterocycles. The maximum atomic E-state index is 10.0. The molecule has 0 spiro atoms. The van der Waals surface area contributed by atoms with Crippen LogP contribution in [0.15, 0.2) is 17.1 Å². The fraction of sp³-hybridized carbons (Fsp3) is 0.500. The molecule has 0 saturated heterocycles. The molecule has 0 aliphatic heterocycles. The highest BCUT2D eigenvalue weighted by molar-refractivity contribution is 7.07. The molecular formula is C8H14N2O2S. The number of thiazole rings is 1. The van der Waals surface area contributed by atoms with Gasteiger partial charge in [-0.3, -0.25) is 9.78 Å². The van der Waals surface area contributed by atoms with E-state index in [0.717, 1.165) is 0 Å². The lowest BCUT2D eigenvalue weighted by Gasteiger charge is -2.07. The lowest BCUT2D eigenvalue weighted by Crippen LogP contribution is -2.34. The van der Waals surface area contributed by atoms with Gasteiger partial charge < -0.3 is 10.8 Å². The predicted molar refractivity (Wildman–Crippen MR) is 52.6 cm³/mol. The molecule has 0 radical (unpaired) electrons. The highest BCUT2D eigenvalue weighted by Crippen LogP contribution is 1.96. The van der Waals surface area contributed by atoms with Crippen molar-refractivity contribution in [1.82, 2.24) is 4.98 Å². The molecule has 4 nitrogen and oxygen atoms in total. The van der Waals surface area contributed by atoms with Gasteiger partial charge in [0, 0.05) is 11.6 Å². The third-order valence-corrected chi connectivity index (χ3v) is 1.87. The van der Waals surface area contributed by atoms with Crippen LogP contribution in [-0.4, -0.2) is 22.1 Å². The summed E-state index contributed by atoms with van der Waals surface area (Å²) < 4.78 is 0. The summed E-state index contributed by atoms with van der Waals surface area (Å²) in [4.78, 5) is 13.8. The van der Waals surface area contributed by atoms with Crippen LogP contribution in [0, 0.1) is 5.92 Å². The van der Waals surface area contributed by atoms with Crippen LogP contribution < -0.4 is 5.73 Å². The van der Waals surface area contributed by atoms with Gasteiger partial charge in [-0.25, -0.2) is 0 Å². The lowest BCUT2D eigenvalue weighted by atomic mass is 10.1. The van der Waals surface area contributed by atoms with Gasteiger partial charge in [0.2, 0.25) is 0 Å². The topological polar surface area (TPSA) is 76.2 Å². The highest BCUT2D eigenvalue weighted by Gasteiger charge is 2.14. The van der Waals surface area contributed by atoms with E-state index >= 15 is 0 Å².